The number of hydrogen-bond donors (Lipinski definition) is 3. The zero-order chi connectivity index (χ0) is 38.9. The third kappa shape index (κ3) is 41.6. The summed E-state index contributed by atoms with van der Waals surface area (Å²) in [7, 11) is -4.32. The second-order valence-corrected chi connectivity index (χ2v) is 17.2. The van der Waals surface area contributed by atoms with E-state index in [9.17, 15) is 22.9 Å². The first kappa shape index (κ1) is 51.6. The first-order valence-electron chi connectivity index (χ1n) is 22.7. The summed E-state index contributed by atoms with van der Waals surface area (Å²) in [5.74, 6) is -0.905. The van der Waals surface area contributed by atoms with Gasteiger partial charge in [0, 0.05) is 6.42 Å². The number of amides is 1. The first-order chi connectivity index (χ1) is 25.8. The molecule has 0 bridgehead atoms. The average Bonchev–Trinajstić information content (AvgIpc) is 3.12. The standard InChI is InChI=1S/C46H87NO5S/c1-3-5-7-9-11-13-15-17-19-21-22-23-24-26-27-29-31-33-35-37-39-41-45(48)44(43-53(50,51)52)47-46(49)42-40-38-36-34-32-30-28-25-20-18-16-14-12-10-8-6-4-2/h6,8,12,14,18,20,44-45,48H,3-5,7,9-11,13,15-17,19,21-43H2,1-2H3,(H,47,49)(H,50,51,52)/b8-6-,14-12-,20-18-. The van der Waals surface area contributed by atoms with Crippen molar-refractivity contribution in [3.8, 4) is 0 Å². The zero-order valence-corrected chi connectivity index (χ0v) is 35.7. The van der Waals surface area contributed by atoms with Crippen LogP contribution in [-0.2, 0) is 14.9 Å². The lowest BCUT2D eigenvalue weighted by atomic mass is 10.0. The lowest BCUT2D eigenvalue weighted by Gasteiger charge is -2.23. The van der Waals surface area contributed by atoms with Gasteiger partial charge in [-0.25, -0.2) is 0 Å². The molecule has 0 aliphatic carbocycles. The van der Waals surface area contributed by atoms with E-state index in [1.807, 2.05) is 0 Å². The number of aliphatic hydroxyl groups excluding tert-OH is 1. The van der Waals surface area contributed by atoms with E-state index >= 15 is 0 Å². The van der Waals surface area contributed by atoms with E-state index in [1.165, 1.54) is 135 Å². The summed E-state index contributed by atoms with van der Waals surface area (Å²) in [5.41, 5.74) is 0. The van der Waals surface area contributed by atoms with Crippen molar-refractivity contribution < 1.29 is 22.9 Å². The Morgan fingerprint density at radius 3 is 1.34 bits per heavy atom. The van der Waals surface area contributed by atoms with Crippen molar-refractivity contribution in [1.82, 2.24) is 5.32 Å². The molecule has 0 heterocycles. The third-order valence-electron chi connectivity index (χ3n) is 10.4. The Balaban J connectivity index is 3.80. The molecule has 6 nitrogen and oxygen atoms in total. The van der Waals surface area contributed by atoms with Crippen LogP contribution in [0.15, 0.2) is 36.5 Å². The van der Waals surface area contributed by atoms with Crippen molar-refractivity contribution in [1.29, 1.82) is 0 Å². The largest absolute Gasteiger partial charge is 0.391 e. The van der Waals surface area contributed by atoms with Crippen LogP contribution in [0.3, 0.4) is 0 Å². The third-order valence-corrected chi connectivity index (χ3v) is 11.1. The predicted octanol–water partition coefficient (Wildman–Crippen LogP) is 13.7. The van der Waals surface area contributed by atoms with Crippen LogP contribution in [0.5, 0.6) is 0 Å². The molecule has 3 N–H and O–H groups in total. The molecule has 0 rings (SSSR count). The minimum Gasteiger partial charge on any atom is -0.391 e. The van der Waals surface area contributed by atoms with E-state index < -0.39 is 28.0 Å². The van der Waals surface area contributed by atoms with Crippen molar-refractivity contribution >= 4 is 16.0 Å². The minimum absolute atomic E-state index is 0.254. The maximum Gasteiger partial charge on any atom is 0.266 e. The molecule has 0 aromatic heterocycles. The minimum atomic E-state index is -4.32. The number of nitrogens with one attached hydrogen (secondary N) is 1. The monoisotopic (exact) mass is 766 g/mol. The van der Waals surface area contributed by atoms with E-state index in [1.54, 1.807) is 0 Å². The summed E-state index contributed by atoms with van der Waals surface area (Å²) in [6.07, 6.45) is 52.4. The van der Waals surface area contributed by atoms with Crippen LogP contribution in [0.2, 0.25) is 0 Å². The molecular formula is C46H87NO5S. The fourth-order valence-corrected chi connectivity index (χ4v) is 7.76. The summed E-state index contributed by atoms with van der Waals surface area (Å²) in [6.45, 7) is 4.43. The van der Waals surface area contributed by atoms with Gasteiger partial charge in [-0.2, -0.15) is 8.42 Å². The molecule has 0 aromatic rings. The Labute approximate surface area is 329 Å². The van der Waals surface area contributed by atoms with Crippen molar-refractivity contribution in [2.24, 2.45) is 0 Å². The van der Waals surface area contributed by atoms with Crippen LogP contribution >= 0.6 is 0 Å². The topological polar surface area (TPSA) is 104 Å². The average molecular weight is 766 g/mol. The Morgan fingerprint density at radius 2 is 0.906 bits per heavy atom. The van der Waals surface area contributed by atoms with Crippen LogP contribution < -0.4 is 5.32 Å². The van der Waals surface area contributed by atoms with Crippen LogP contribution in [0.25, 0.3) is 0 Å². The fourth-order valence-electron chi connectivity index (χ4n) is 7.00. The van der Waals surface area contributed by atoms with Gasteiger partial charge in [-0.3, -0.25) is 9.35 Å². The van der Waals surface area contributed by atoms with Crippen LogP contribution in [0.4, 0.5) is 0 Å². The Hall–Kier alpha value is -1.44. The molecule has 53 heavy (non-hydrogen) atoms. The quantitative estimate of drug-likeness (QED) is 0.0327. The molecule has 0 aromatic carbocycles. The molecule has 2 unspecified atom stereocenters. The summed E-state index contributed by atoms with van der Waals surface area (Å²) < 4.78 is 32.6. The van der Waals surface area contributed by atoms with Crippen molar-refractivity contribution in [3.05, 3.63) is 36.5 Å². The molecule has 7 heteroatoms. The number of aliphatic hydroxyl groups is 1. The van der Waals surface area contributed by atoms with E-state index in [2.05, 4.69) is 55.6 Å². The van der Waals surface area contributed by atoms with Gasteiger partial charge in [0.1, 0.15) is 0 Å². The molecule has 1 amide bonds. The maximum absolute atomic E-state index is 12.6. The molecule has 0 aliphatic heterocycles. The van der Waals surface area contributed by atoms with Crippen molar-refractivity contribution in [2.45, 2.75) is 244 Å². The molecule has 0 fully saturated rings. The van der Waals surface area contributed by atoms with Gasteiger partial charge in [0.05, 0.1) is 17.9 Å². The molecule has 0 aliphatic rings. The summed E-state index contributed by atoms with van der Waals surface area (Å²) >= 11 is 0. The molecule has 0 saturated carbocycles. The van der Waals surface area contributed by atoms with Gasteiger partial charge in [-0.05, 0) is 44.9 Å². The maximum atomic E-state index is 12.6. The highest BCUT2D eigenvalue weighted by Crippen LogP contribution is 2.17. The lowest BCUT2D eigenvalue weighted by molar-refractivity contribution is -0.122. The van der Waals surface area contributed by atoms with Crippen LogP contribution in [0.1, 0.15) is 232 Å². The van der Waals surface area contributed by atoms with Gasteiger partial charge < -0.3 is 10.4 Å². The molecule has 0 saturated heterocycles. The zero-order valence-electron chi connectivity index (χ0n) is 34.9. The Morgan fingerprint density at radius 1 is 0.528 bits per heavy atom. The van der Waals surface area contributed by atoms with Crippen molar-refractivity contribution in [2.75, 3.05) is 5.75 Å². The van der Waals surface area contributed by atoms with Gasteiger partial charge in [0.25, 0.3) is 10.1 Å². The van der Waals surface area contributed by atoms with Gasteiger partial charge >= 0.3 is 0 Å². The summed E-state index contributed by atoms with van der Waals surface area (Å²) in [5, 5.41) is 13.4. The lowest BCUT2D eigenvalue weighted by Crippen LogP contribution is -2.47. The normalized spacial score (nSPS) is 13.5. The SMILES string of the molecule is CC/C=C\C/C=C\C/C=C\CCCCCCCCCC(=O)NC(CS(=O)(=O)O)C(O)CCCCCCCCCCCCCCCCCCCCCCC. The Bertz CT molecular complexity index is 976. The molecule has 2 atom stereocenters. The number of rotatable bonds is 41. The van der Waals surface area contributed by atoms with E-state index in [0.29, 0.717) is 12.8 Å². The number of carbonyl (C=O) groups excluding carboxylic acids is 1. The Kier molecular flexibility index (Phi) is 39.1. The molecule has 312 valence electrons. The molecule has 0 radical (unpaired) electrons. The number of allylic oxidation sites excluding steroid dienone is 6. The highest BCUT2D eigenvalue weighted by Gasteiger charge is 2.26. The molecule has 0 spiro atoms. The first-order valence-corrected chi connectivity index (χ1v) is 24.3. The van der Waals surface area contributed by atoms with Gasteiger partial charge in [-0.1, -0.05) is 217 Å². The fraction of sp³-hybridized carbons (Fsp3) is 0.848. The number of hydrogen-bond acceptors (Lipinski definition) is 4. The molecular weight excluding hydrogens is 679 g/mol. The van der Waals surface area contributed by atoms with Gasteiger partial charge in [-0.15, -0.1) is 0 Å². The second kappa shape index (κ2) is 40.2. The van der Waals surface area contributed by atoms with Gasteiger partial charge in [0.2, 0.25) is 5.91 Å². The highest BCUT2D eigenvalue weighted by molar-refractivity contribution is 7.85. The van der Waals surface area contributed by atoms with Crippen LogP contribution in [-0.4, -0.2) is 41.9 Å². The van der Waals surface area contributed by atoms with Crippen molar-refractivity contribution in [3.63, 3.8) is 0 Å². The second-order valence-electron chi connectivity index (χ2n) is 15.7. The number of unbranched alkanes of at least 4 members (excludes halogenated alkanes) is 27. The summed E-state index contributed by atoms with van der Waals surface area (Å²) in [4.78, 5) is 12.6. The number of carbonyl (C=O) groups is 1. The predicted molar refractivity (Wildman–Crippen MR) is 230 cm³/mol. The smallest absolute Gasteiger partial charge is 0.266 e. The van der Waals surface area contributed by atoms with Gasteiger partial charge in [0.15, 0.2) is 0 Å². The van der Waals surface area contributed by atoms with Crippen LogP contribution in [0, 0.1) is 0 Å². The van der Waals surface area contributed by atoms with E-state index in [-0.39, 0.29) is 5.91 Å². The highest BCUT2D eigenvalue weighted by atomic mass is 32.2. The van der Waals surface area contributed by atoms with E-state index in [0.717, 1.165) is 70.6 Å². The summed E-state index contributed by atoms with van der Waals surface area (Å²) in [6, 6.07) is -0.976. The van der Waals surface area contributed by atoms with E-state index in [4.69, 9.17) is 0 Å².